The fraction of sp³-hybridized carbons (Fsp3) is 0.360. The Morgan fingerprint density at radius 1 is 1.19 bits per heavy atom. The summed E-state index contributed by atoms with van der Waals surface area (Å²) < 4.78 is 10.8. The van der Waals surface area contributed by atoms with Crippen molar-refractivity contribution in [2.45, 2.75) is 37.9 Å². The third-order valence-electron chi connectivity index (χ3n) is 7.83. The average molecular weight is 512 g/mol. The molecule has 5 N–H and O–H groups in total. The van der Waals surface area contributed by atoms with Crippen LogP contribution in [-0.2, 0) is 31.3 Å². The van der Waals surface area contributed by atoms with Gasteiger partial charge >= 0.3 is 0 Å². The number of likely N-dealkylation sites (tertiary alicyclic amines) is 1. The lowest BCUT2D eigenvalue weighted by atomic mass is 9.76. The number of fused-ring (bicyclic) bond motifs is 5. The largest absolute Gasteiger partial charge is 0.454 e. The summed E-state index contributed by atoms with van der Waals surface area (Å²) in [6.45, 7) is 1.95. The van der Waals surface area contributed by atoms with E-state index in [1.165, 1.54) is 4.90 Å². The summed E-state index contributed by atoms with van der Waals surface area (Å²) in [4.78, 5) is 54.0. The molecule has 0 aliphatic carbocycles. The van der Waals surface area contributed by atoms with E-state index in [-0.39, 0.29) is 38.0 Å². The van der Waals surface area contributed by atoms with Crippen molar-refractivity contribution >= 4 is 40.9 Å². The number of carbonyl (C=O) groups is 4. The van der Waals surface area contributed by atoms with Crippen LogP contribution >= 0.6 is 11.6 Å². The lowest BCUT2D eigenvalue weighted by molar-refractivity contribution is -0.734. The van der Waals surface area contributed by atoms with Crippen LogP contribution in [0.5, 0.6) is 11.5 Å². The zero-order valence-corrected chi connectivity index (χ0v) is 20.1. The minimum atomic E-state index is -1.34. The first-order valence-corrected chi connectivity index (χ1v) is 12.1. The predicted octanol–water partition coefficient (Wildman–Crippen LogP) is 0.537. The van der Waals surface area contributed by atoms with Gasteiger partial charge in [-0.05, 0) is 42.3 Å². The van der Waals surface area contributed by atoms with Crippen molar-refractivity contribution in [2.75, 3.05) is 12.1 Å². The number of nitrogens with two attached hydrogens (primary N) is 2. The Morgan fingerprint density at radius 3 is 2.75 bits per heavy atom. The number of nitrogens with one attached hydrogen (secondary N) is 1. The first-order chi connectivity index (χ1) is 17.2. The summed E-state index contributed by atoms with van der Waals surface area (Å²) in [5.41, 5.74) is 6.64. The molecule has 4 aliphatic heterocycles. The molecule has 4 aliphatic rings. The van der Waals surface area contributed by atoms with E-state index in [2.05, 4.69) is 5.32 Å². The number of ether oxygens (including phenoxy) is 2. The van der Waals surface area contributed by atoms with Gasteiger partial charge in [0.2, 0.25) is 30.1 Å². The zero-order valence-electron chi connectivity index (χ0n) is 19.4. The Kier molecular flexibility index (Phi) is 5.03. The molecule has 0 radical (unpaired) electrons. The van der Waals surface area contributed by atoms with Crippen molar-refractivity contribution in [3.63, 3.8) is 0 Å². The molecular formula is C25H24ClN4O6+. The fourth-order valence-corrected chi connectivity index (χ4v) is 6.32. The van der Waals surface area contributed by atoms with Crippen molar-refractivity contribution in [3.8, 4) is 11.5 Å². The van der Waals surface area contributed by atoms with Gasteiger partial charge in [0.05, 0.1) is 12.2 Å². The number of quaternary nitrogens is 1. The molecule has 2 aromatic carbocycles. The van der Waals surface area contributed by atoms with Gasteiger partial charge in [0.1, 0.15) is 17.9 Å². The second kappa shape index (κ2) is 7.94. The molecule has 1 spiro atoms. The molecule has 4 heterocycles. The van der Waals surface area contributed by atoms with E-state index >= 15 is 0 Å². The lowest BCUT2D eigenvalue weighted by Crippen LogP contribution is -2.99. The van der Waals surface area contributed by atoms with Gasteiger partial charge in [-0.1, -0.05) is 17.7 Å². The van der Waals surface area contributed by atoms with E-state index in [0.29, 0.717) is 38.9 Å². The van der Waals surface area contributed by atoms with E-state index in [9.17, 15) is 19.2 Å². The van der Waals surface area contributed by atoms with Crippen molar-refractivity contribution in [1.29, 1.82) is 0 Å². The van der Waals surface area contributed by atoms with E-state index in [1.807, 2.05) is 0 Å². The molecule has 0 aromatic heterocycles. The quantitative estimate of drug-likeness (QED) is 0.500. The Bertz CT molecular complexity index is 1360. The molecule has 11 heteroatoms. The molecule has 186 valence electrons. The van der Waals surface area contributed by atoms with Crippen LogP contribution in [0.25, 0.3) is 0 Å². The van der Waals surface area contributed by atoms with Crippen LogP contribution in [0, 0.1) is 18.8 Å². The monoisotopic (exact) mass is 511 g/mol. The van der Waals surface area contributed by atoms with Crippen molar-refractivity contribution < 1.29 is 34.0 Å². The smallest absolute Gasteiger partial charge is 0.291 e. The zero-order chi connectivity index (χ0) is 25.4. The molecule has 6 rings (SSSR count). The van der Waals surface area contributed by atoms with Crippen LogP contribution in [0.4, 0.5) is 5.69 Å². The van der Waals surface area contributed by atoms with Crippen molar-refractivity contribution in [3.05, 3.63) is 52.0 Å². The highest BCUT2D eigenvalue weighted by Crippen LogP contribution is 2.51. The number of hydrogen-bond donors (Lipinski definition) is 3. The molecule has 36 heavy (non-hydrogen) atoms. The van der Waals surface area contributed by atoms with Crippen LogP contribution < -0.4 is 25.8 Å². The van der Waals surface area contributed by atoms with Gasteiger partial charge < -0.3 is 25.8 Å². The highest BCUT2D eigenvalue weighted by molar-refractivity contribution is 6.32. The lowest BCUT2D eigenvalue weighted by Gasteiger charge is -2.26. The standard InChI is InChI=1S/C25H23ClN4O6/c1-11-14(26)4-3-13-21(11)28-24(34)25(13)20-19(15(29-25)5-7-18(27)31)22(32)30(23(20)33)9-12-2-6-16-17(8-12)36-10-35-16/h2-4,6,8,15,19-20,29H,5,7,9-10H2,1H3,(H2,27,31)(H,28,34)/p+1/t15-,19-,20+,25+/m1/s1. The fourth-order valence-electron chi connectivity index (χ4n) is 6.16. The molecule has 0 bridgehead atoms. The van der Waals surface area contributed by atoms with E-state index in [1.54, 1.807) is 42.6 Å². The number of nitrogens with zero attached hydrogens (tertiary/aromatic N) is 1. The first kappa shape index (κ1) is 22.8. The van der Waals surface area contributed by atoms with Gasteiger partial charge in [-0.25, -0.2) is 0 Å². The second-order valence-electron chi connectivity index (χ2n) is 9.71. The molecule has 2 fully saturated rings. The Balaban J connectivity index is 1.41. The molecule has 2 saturated heterocycles. The molecular weight excluding hydrogens is 488 g/mol. The normalized spacial score (nSPS) is 27.6. The number of hydrogen-bond acceptors (Lipinski definition) is 6. The summed E-state index contributed by atoms with van der Waals surface area (Å²) >= 11 is 6.30. The predicted molar refractivity (Wildman–Crippen MR) is 126 cm³/mol. The topological polar surface area (TPSA) is 145 Å². The highest BCUT2D eigenvalue weighted by Gasteiger charge is 2.74. The third kappa shape index (κ3) is 3.07. The number of primary amides is 1. The minimum absolute atomic E-state index is 0.0358. The maximum absolute atomic E-state index is 13.9. The molecule has 10 nitrogen and oxygen atoms in total. The van der Waals surface area contributed by atoms with Gasteiger partial charge in [0.25, 0.3) is 5.91 Å². The first-order valence-electron chi connectivity index (χ1n) is 11.7. The van der Waals surface area contributed by atoms with Crippen LogP contribution in [0.3, 0.4) is 0 Å². The summed E-state index contributed by atoms with van der Waals surface area (Å²) in [5, 5.41) is 5.18. The average Bonchev–Trinajstić information content (AvgIpc) is 3.57. The van der Waals surface area contributed by atoms with E-state index < -0.39 is 35.2 Å². The molecule has 2 aromatic rings. The van der Waals surface area contributed by atoms with Crippen LogP contribution in [0.1, 0.15) is 29.5 Å². The summed E-state index contributed by atoms with van der Waals surface area (Å²) in [5.74, 6) is -2.22. The summed E-state index contributed by atoms with van der Waals surface area (Å²) in [6, 6.07) is 8.22. The highest BCUT2D eigenvalue weighted by atomic mass is 35.5. The number of carbonyl (C=O) groups excluding carboxylic acids is 4. The van der Waals surface area contributed by atoms with Crippen LogP contribution in [0.15, 0.2) is 30.3 Å². The number of benzene rings is 2. The SMILES string of the molecule is Cc1c(Cl)ccc2c1NC(=O)[C@]21[NH2+][C@H](CCC(N)=O)[C@H]2C(=O)N(Cc3ccc4c(c3)OCO4)C(=O)[C@H]21. The Morgan fingerprint density at radius 2 is 1.97 bits per heavy atom. The number of amides is 4. The van der Waals surface area contributed by atoms with Gasteiger partial charge in [0, 0.05) is 23.4 Å². The van der Waals surface area contributed by atoms with Gasteiger partial charge in [0.15, 0.2) is 11.5 Å². The number of imide groups is 1. The molecule has 4 atom stereocenters. The molecule has 0 saturated carbocycles. The van der Waals surface area contributed by atoms with Gasteiger partial charge in [-0.3, -0.25) is 24.1 Å². The summed E-state index contributed by atoms with van der Waals surface area (Å²) in [6.07, 6.45) is 0.308. The van der Waals surface area contributed by atoms with Crippen molar-refractivity contribution in [2.24, 2.45) is 17.6 Å². The number of rotatable bonds is 5. The van der Waals surface area contributed by atoms with E-state index in [0.717, 1.165) is 0 Å². The number of anilines is 1. The number of halogens is 1. The van der Waals surface area contributed by atoms with Crippen LogP contribution in [-0.4, -0.2) is 41.4 Å². The minimum Gasteiger partial charge on any atom is -0.454 e. The van der Waals surface area contributed by atoms with Crippen LogP contribution in [0.2, 0.25) is 5.02 Å². The third-order valence-corrected chi connectivity index (χ3v) is 8.24. The summed E-state index contributed by atoms with van der Waals surface area (Å²) in [7, 11) is 0. The van der Waals surface area contributed by atoms with Gasteiger partial charge in [-0.2, -0.15) is 0 Å². The Hall–Kier alpha value is -3.63. The molecule has 4 amide bonds. The van der Waals surface area contributed by atoms with E-state index in [4.69, 9.17) is 26.8 Å². The Labute approximate surface area is 211 Å². The second-order valence-corrected chi connectivity index (χ2v) is 10.1. The van der Waals surface area contributed by atoms with Gasteiger partial charge in [-0.15, -0.1) is 0 Å². The maximum Gasteiger partial charge on any atom is 0.291 e. The maximum atomic E-state index is 13.9. The molecule has 0 unspecified atom stereocenters. The van der Waals surface area contributed by atoms with Crippen molar-refractivity contribution in [1.82, 2.24) is 4.90 Å².